The first-order chi connectivity index (χ1) is 3.13. The van der Waals surface area contributed by atoms with Crippen LogP contribution in [-0.2, 0) is 31.4 Å². The van der Waals surface area contributed by atoms with E-state index < -0.39 is 11.9 Å². The van der Waals surface area contributed by atoms with Crippen molar-refractivity contribution in [1.82, 2.24) is 0 Å². The topological polar surface area (TPSA) is 43.4 Å². The standard InChI is InChI=1S/C4H6O3.Ba.Cu.2H/c1-3(5)7-4(2)6;;;;/h1-2H3;;;;/q;+2;;2*-1. The van der Waals surface area contributed by atoms with E-state index >= 15 is 0 Å². The van der Waals surface area contributed by atoms with Crippen molar-refractivity contribution < 1.29 is 34.2 Å². The molecule has 0 atom stereocenters. The molecule has 1 radical (unpaired) electrons. The van der Waals surface area contributed by atoms with Gasteiger partial charge in [0.15, 0.2) is 0 Å². The molecule has 0 aromatic heterocycles. The summed E-state index contributed by atoms with van der Waals surface area (Å²) in [6.45, 7) is 2.36. The number of carbonyl (C=O) groups excluding carboxylic acids is 2. The van der Waals surface area contributed by atoms with Crippen LogP contribution >= 0.6 is 0 Å². The summed E-state index contributed by atoms with van der Waals surface area (Å²) in [7, 11) is 0. The maximum absolute atomic E-state index is 9.81. The molecule has 0 bridgehead atoms. The number of carbonyl (C=O) groups is 2. The van der Waals surface area contributed by atoms with E-state index in [9.17, 15) is 9.59 Å². The van der Waals surface area contributed by atoms with Gasteiger partial charge in [-0.25, -0.2) is 0 Å². The molecule has 0 amide bonds. The Labute approximate surface area is 107 Å². The minimum absolute atomic E-state index is 0. The molecule has 0 aliphatic heterocycles. The molecule has 0 spiro atoms. The number of esters is 2. The predicted molar refractivity (Wildman–Crippen MR) is 30.4 cm³/mol. The smallest absolute Gasteiger partial charge is 1.00 e. The van der Waals surface area contributed by atoms with Crippen molar-refractivity contribution >= 4 is 60.8 Å². The molecule has 0 rings (SSSR count). The average Bonchev–Trinajstić information content (AvgIpc) is 1.27. The van der Waals surface area contributed by atoms with Crippen LogP contribution in [0.3, 0.4) is 0 Å². The molecule has 0 heterocycles. The van der Waals surface area contributed by atoms with Crippen LogP contribution in [0.2, 0.25) is 0 Å². The second-order valence-electron chi connectivity index (χ2n) is 1.09. The molecule has 0 aromatic rings. The molecule has 3 nitrogen and oxygen atoms in total. The fourth-order valence-electron chi connectivity index (χ4n) is 0.202. The van der Waals surface area contributed by atoms with E-state index in [1.807, 2.05) is 0 Å². The molecule has 0 saturated heterocycles. The van der Waals surface area contributed by atoms with Gasteiger partial charge in [0.1, 0.15) is 0 Å². The van der Waals surface area contributed by atoms with Crippen molar-refractivity contribution in [2.75, 3.05) is 0 Å². The number of rotatable bonds is 0. The van der Waals surface area contributed by atoms with E-state index in [1.54, 1.807) is 0 Å². The van der Waals surface area contributed by atoms with Crippen LogP contribution in [-0.4, -0.2) is 60.8 Å². The summed E-state index contributed by atoms with van der Waals surface area (Å²) in [5.41, 5.74) is 0. The molecular formula is C4H8BaCuO3. The van der Waals surface area contributed by atoms with Crippen LogP contribution in [0, 0.1) is 0 Å². The van der Waals surface area contributed by atoms with Gasteiger partial charge in [-0.15, -0.1) is 0 Å². The van der Waals surface area contributed by atoms with Crippen LogP contribution in [0.25, 0.3) is 0 Å². The molecule has 0 saturated carbocycles. The first kappa shape index (κ1) is 16.7. The van der Waals surface area contributed by atoms with Gasteiger partial charge < -0.3 is 7.59 Å². The Morgan fingerprint density at radius 3 is 1.44 bits per heavy atom. The molecule has 9 heavy (non-hydrogen) atoms. The zero-order chi connectivity index (χ0) is 5.86. The second kappa shape index (κ2) is 9.23. The summed E-state index contributed by atoms with van der Waals surface area (Å²) in [5, 5.41) is 0. The molecule has 0 aliphatic rings. The Bertz CT molecular complexity index is 99.5. The zero-order valence-corrected chi connectivity index (χ0v) is 10.6. The number of hydrogen-bond donors (Lipinski definition) is 0. The molecule has 0 fully saturated rings. The van der Waals surface area contributed by atoms with Crippen molar-refractivity contribution in [3.05, 3.63) is 0 Å². The normalized spacial score (nSPS) is 6.00. The van der Waals surface area contributed by atoms with E-state index in [2.05, 4.69) is 4.74 Å². The Kier molecular flexibility index (Phi) is 17.1. The molecule has 0 unspecified atom stereocenters. The van der Waals surface area contributed by atoms with Gasteiger partial charge in [0.2, 0.25) is 0 Å². The van der Waals surface area contributed by atoms with E-state index in [0.717, 1.165) is 0 Å². The van der Waals surface area contributed by atoms with Gasteiger partial charge in [-0.3, -0.25) is 9.59 Å². The summed E-state index contributed by atoms with van der Waals surface area (Å²) in [5.74, 6) is -1.12. The van der Waals surface area contributed by atoms with Crippen molar-refractivity contribution in [3.63, 3.8) is 0 Å². The summed E-state index contributed by atoms with van der Waals surface area (Å²) >= 11 is 0. The SMILES string of the molecule is CC(=O)OC(C)=O.[Ba+2].[Cu].[H-].[H-]. The minimum Gasteiger partial charge on any atom is -1.00 e. The first-order valence-corrected chi connectivity index (χ1v) is 1.82. The Balaban J connectivity index is -0.0000000300. The summed E-state index contributed by atoms with van der Waals surface area (Å²) in [6.07, 6.45) is 0. The van der Waals surface area contributed by atoms with Gasteiger partial charge in [0.05, 0.1) is 0 Å². The largest absolute Gasteiger partial charge is 2.00 e. The van der Waals surface area contributed by atoms with E-state index in [1.165, 1.54) is 13.8 Å². The van der Waals surface area contributed by atoms with Gasteiger partial charge in [0.25, 0.3) is 0 Å². The van der Waals surface area contributed by atoms with Crippen LogP contribution in [0.15, 0.2) is 0 Å². The van der Waals surface area contributed by atoms with Gasteiger partial charge >= 0.3 is 60.8 Å². The molecular weight excluding hydrogens is 297 g/mol. The van der Waals surface area contributed by atoms with Crippen LogP contribution in [0.1, 0.15) is 16.7 Å². The van der Waals surface area contributed by atoms with Crippen molar-refractivity contribution in [2.45, 2.75) is 13.8 Å². The van der Waals surface area contributed by atoms with E-state index in [0.29, 0.717) is 0 Å². The molecule has 0 aliphatic carbocycles. The van der Waals surface area contributed by atoms with Gasteiger partial charge in [-0.2, -0.15) is 0 Å². The quantitative estimate of drug-likeness (QED) is 0.358. The summed E-state index contributed by atoms with van der Waals surface area (Å²) in [4.78, 5) is 19.6. The molecule has 0 aromatic carbocycles. The Morgan fingerprint density at radius 1 is 1.22 bits per heavy atom. The fourth-order valence-corrected chi connectivity index (χ4v) is 0.202. The van der Waals surface area contributed by atoms with Gasteiger partial charge in [-0.1, -0.05) is 0 Å². The third kappa shape index (κ3) is 17.6. The minimum atomic E-state index is -0.562. The Hall–Kier alpha value is 1.23. The fraction of sp³-hybridized carbons (Fsp3) is 0.500. The molecule has 55 valence electrons. The third-order valence-corrected chi connectivity index (χ3v) is 0.287. The third-order valence-electron chi connectivity index (χ3n) is 0.287. The first-order valence-electron chi connectivity index (χ1n) is 1.82. The van der Waals surface area contributed by atoms with Crippen molar-refractivity contribution in [3.8, 4) is 0 Å². The average molecular weight is 305 g/mol. The van der Waals surface area contributed by atoms with Gasteiger partial charge in [-0.05, 0) is 0 Å². The maximum Gasteiger partial charge on any atom is 2.00 e. The van der Waals surface area contributed by atoms with E-state index in [4.69, 9.17) is 0 Å². The van der Waals surface area contributed by atoms with E-state index in [-0.39, 0.29) is 68.8 Å². The summed E-state index contributed by atoms with van der Waals surface area (Å²) in [6, 6.07) is 0. The van der Waals surface area contributed by atoms with Crippen LogP contribution in [0.4, 0.5) is 0 Å². The monoisotopic (exact) mass is 305 g/mol. The van der Waals surface area contributed by atoms with Gasteiger partial charge in [0, 0.05) is 30.9 Å². The predicted octanol–water partition coefficient (Wildman–Crippen LogP) is -0.0623. The molecule has 0 N–H and O–H groups in total. The van der Waals surface area contributed by atoms with Crippen LogP contribution in [0.5, 0.6) is 0 Å². The van der Waals surface area contributed by atoms with Crippen LogP contribution < -0.4 is 0 Å². The second-order valence-corrected chi connectivity index (χ2v) is 1.09. The van der Waals surface area contributed by atoms with Crippen molar-refractivity contribution in [2.24, 2.45) is 0 Å². The summed E-state index contributed by atoms with van der Waals surface area (Å²) < 4.78 is 3.97. The van der Waals surface area contributed by atoms with Crippen molar-refractivity contribution in [1.29, 1.82) is 0 Å². The maximum atomic E-state index is 9.81. The number of ether oxygens (including phenoxy) is 1. The number of hydrogen-bond acceptors (Lipinski definition) is 3. The molecule has 5 heteroatoms. The zero-order valence-electron chi connectivity index (χ0n) is 7.23. The Morgan fingerprint density at radius 2 is 1.44 bits per heavy atom.